The Kier molecular flexibility index (Phi) is 5.92. The molecule has 1 saturated heterocycles. The summed E-state index contributed by atoms with van der Waals surface area (Å²) in [5.74, 6) is 0.448. The fourth-order valence-electron chi connectivity index (χ4n) is 3.17. The largest absolute Gasteiger partial charge is 0.495 e. The molecule has 0 aromatic heterocycles. The molecule has 1 atom stereocenters. The Morgan fingerprint density at radius 1 is 1.26 bits per heavy atom. The van der Waals surface area contributed by atoms with Crippen molar-refractivity contribution in [3.8, 4) is 5.75 Å². The molecular weight excluding hydrogens is 388 g/mol. The summed E-state index contributed by atoms with van der Waals surface area (Å²) in [6, 6.07) is 14.0. The molecule has 3 rings (SSSR count). The Balaban J connectivity index is 1.76. The van der Waals surface area contributed by atoms with E-state index in [1.165, 1.54) is 7.11 Å². The van der Waals surface area contributed by atoms with Gasteiger partial charge < -0.3 is 15.0 Å². The highest BCUT2D eigenvalue weighted by atomic mass is 35.5. The molecule has 144 valence electrons. The standard InChI is InChI=1S/C19H21ClN2O4S/c1-26-18-8-7-14(11-17(18)20)21-12-19(23)22(15-5-3-2-4-6-15)16-9-10-27(24,25)13-16/h2-8,11,16,21H,9-10,12-13H2,1H3. The SMILES string of the molecule is COc1ccc(NCC(=O)N(c2ccccc2)C2CCS(=O)(=O)C2)cc1Cl. The molecule has 2 aromatic rings. The normalized spacial score (nSPS) is 18.1. The van der Waals surface area contributed by atoms with Crippen LogP contribution < -0.4 is 15.0 Å². The maximum absolute atomic E-state index is 12.9. The van der Waals surface area contributed by atoms with Crippen LogP contribution in [0.1, 0.15) is 6.42 Å². The minimum Gasteiger partial charge on any atom is -0.495 e. The van der Waals surface area contributed by atoms with Crippen LogP contribution in [-0.2, 0) is 14.6 Å². The van der Waals surface area contributed by atoms with E-state index in [9.17, 15) is 13.2 Å². The van der Waals surface area contributed by atoms with Crippen molar-refractivity contribution in [2.45, 2.75) is 12.5 Å². The van der Waals surface area contributed by atoms with Crippen LogP contribution in [0.5, 0.6) is 5.75 Å². The zero-order chi connectivity index (χ0) is 19.4. The lowest BCUT2D eigenvalue weighted by molar-refractivity contribution is -0.117. The first kappa shape index (κ1) is 19.5. The molecule has 1 heterocycles. The minimum absolute atomic E-state index is 0.0119. The molecule has 0 spiro atoms. The quantitative estimate of drug-likeness (QED) is 0.795. The zero-order valence-electron chi connectivity index (χ0n) is 14.9. The third kappa shape index (κ3) is 4.73. The van der Waals surface area contributed by atoms with Crippen LogP contribution in [0.2, 0.25) is 5.02 Å². The van der Waals surface area contributed by atoms with Gasteiger partial charge in [-0.2, -0.15) is 0 Å². The van der Waals surface area contributed by atoms with E-state index in [0.29, 0.717) is 28.6 Å². The zero-order valence-corrected chi connectivity index (χ0v) is 16.5. The number of sulfone groups is 1. The van der Waals surface area contributed by atoms with Crippen LogP contribution in [-0.4, -0.2) is 45.5 Å². The molecule has 0 aliphatic carbocycles. The summed E-state index contributed by atoms with van der Waals surface area (Å²) >= 11 is 6.11. The van der Waals surface area contributed by atoms with E-state index < -0.39 is 9.84 Å². The number of amides is 1. The van der Waals surface area contributed by atoms with Gasteiger partial charge in [0.05, 0.1) is 36.2 Å². The maximum Gasteiger partial charge on any atom is 0.246 e. The lowest BCUT2D eigenvalue weighted by atomic mass is 10.1. The number of methoxy groups -OCH3 is 1. The lowest BCUT2D eigenvalue weighted by Gasteiger charge is -2.28. The van der Waals surface area contributed by atoms with Gasteiger partial charge in [0.1, 0.15) is 5.75 Å². The predicted molar refractivity (Wildman–Crippen MR) is 107 cm³/mol. The van der Waals surface area contributed by atoms with Crippen molar-refractivity contribution >= 4 is 38.7 Å². The number of halogens is 1. The number of nitrogens with zero attached hydrogens (tertiary/aromatic N) is 1. The summed E-state index contributed by atoms with van der Waals surface area (Å²) in [4.78, 5) is 14.5. The van der Waals surface area contributed by atoms with Gasteiger partial charge in [0.2, 0.25) is 5.91 Å². The van der Waals surface area contributed by atoms with Crippen LogP contribution in [0, 0.1) is 0 Å². The number of anilines is 2. The smallest absolute Gasteiger partial charge is 0.246 e. The number of carbonyl (C=O) groups is 1. The highest BCUT2D eigenvalue weighted by molar-refractivity contribution is 7.91. The fourth-order valence-corrected chi connectivity index (χ4v) is 5.12. The number of benzene rings is 2. The molecule has 6 nitrogen and oxygen atoms in total. The molecule has 0 saturated carbocycles. The van der Waals surface area contributed by atoms with Crippen LogP contribution in [0.3, 0.4) is 0 Å². The van der Waals surface area contributed by atoms with Crippen molar-refractivity contribution in [1.82, 2.24) is 0 Å². The summed E-state index contributed by atoms with van der Waals surface area (Å²) in [5, 5.41) is 3.49. The molecule has 1 unspecified atom stereocenters. The number of nitrogens with one attached hydrogen (secondary N) is 1. The summed E-state index contributed by atoms with van der Waals surface area (Å²) in [7, 11) is -1.58. The molecule has 1 N–H and O–H groups in total. The summed E-state index contributed by atoms with van der Waals surface area (Å²) in [6.45, 7) is 0.0219. The Morgan fingerprint density at radius 3 is 2.59 bits per heavy atom. The van der Waals surface area contributed by atoms with E-state index in [1.54, 1.807) is 23.1 Å². The predicted octanol–water partition coefficient (Wildman–Crippen LogP) is 2.98. The average Bonchev–Trinajstić information content (AvgIpc) is 3.00. The van der Waals surface area contributed by atoms with Crippen molar-refractivity contribution in [1.29, 1.82) is 0 Å². The van der Waals surface area contributed by atoms with E-state index in [1.807, 2.05) is 30.3 Å². The molecule has 0 bridgehead atoms. The van der Waals surface area contributed by atoms with E-state index in [0.717, 1.165) is 0 Å². The number of para-hydroxylation sites is 1. The second kappa shape index (κ2) is 8.19. The molecule has 2 aromatic carbocycles. The monoisotopic (exact) mass is 408 g/mol. The molecular formula is C19H21ClN2O4S. The fraction of sp³-hybridized carbons (Fsp3) is 0.316. The van der Waals surface area contributed by atoms with Gasteiger partial charge in [-0.25, -0.2) is 8.42 Å². The first-order valence-electron chi connectivity index (χ1n) is 8.54. The first-order chi connectivity index (χ1) is 12.9. The average molecular weight is 409 g/mol. The molecule has 27 heavy (non-hydrogen) atoms. The Labute approximate surface area is 164 Å². The number of ether oxygens (including phenoxy) is 1. The molecule has 0 radical (unpaired) electrons. The number of hydrogen-bond donors (Lipinski definition) is 1. The minimum atomic E-state index is -3.11. The summed E-state index contributed by atoms with van der Waals surface area (Å²) in [5.41, 5.74) is 1.38. The first-order valence-corrected chi connectivity index (χ1v) is 10.7. The van der Waals surface area contributed by atoms with Crippen LogP contribution >= 0.6 is 11.6 Å². The molecule has 1 amide bonds. The van der Waals surface area contributed by atoms with Gasteiger partial charge in [-0.05, 0) is 36.8 Å². The number of hydrogen-bond acceptors (Lipinski definition) is 5. The second-order valence-electron chi connectivity index (χ2n) is 6.36. The lowest BCUT2D eigenvalue weighted by Crippen LogP contribution is -2.44. The van der Waals surface area contributed by atoms with E-state index in [4.69, 9.17) is 16.3 Å². The highest BCUT2D eigenvalue weighted by Gasteiger charge is 2.35. The maximum atomic E-state index is 12.9. The van der Waals surface area contributed by atoms with Crippen molar-refractivity contribution < 1.29 is 17.9 Å². The van der Waals surface area contributed by atoms with Gasteiger partial charge >= 0.3 is 0 Å². The van der Waals surface area contributed by atoms with Gasteiger partial charge in [0.25, 0.3) is 0 Å². The second-order valence-corrected chi connectivity index (χ2v) is 8.99. The summed E-state index contributed by atoms with van der Waals surface area (Å²) in [6.07, 6.45) is 0.442. The van der Waals surface area contributed by atoms with Crippen molar-refractivity contribution in [3.63, 3.8) is 0 Å². The molecule has 8 heteroatoms. The Morgan fingerprint density at radius 2 is 2.00 bits per heavy atom. The Bertz CT molecular complexity index is 919. The number of rotatable bonds is 6. The van der Waals surface area contributed by atoms with Gasteiger partial charge in [0.15, 0.2) is 9.84 Å². The van der Waals surface area contributed by atoms with Crippen molar-refractivity contribution in [2.75, 3.05) is 35.4 Å². The van der Waals surface area contributed by atoms with Crippen molar-refractivity contribution in [3.05, 3.63) is 53.6 Å². The summed E-state index contributed by atoms with van der Waals surface area (Å²) < 4.78 is 28.9. The van der Waals surface area contributed by atoms with E-state index in [-0.39, 0.29) is 30.0 Å². The van der Waals surface area contributed by atoms with Crippen LogP contribution in [0.4, 0.5) is 11.4 Å². The van der Waals surface area contributed by atoms with Gasteiger partial charge in [0, 0.05) is 11.4 Å². The Hall–Kier alpha value is -2.25. The third-order valence-electron chi connectivity index (χ3n) is 4.47. The van der Waals surface area contributed by atoms with Crippen molar-refractivity contribution in [2.24, 2.45) is 0 Å². The van der Waals surface area contributed by atoms with E-state index in [2.05, 4.69) is 5.32 Å². The molecule has 1 fully saturated rings. The topological polar surface area (TPSA) is 75.7 Å². The van der Waals surface area contributed by atoms with Gasteiger partial charge in [-0.1, -0.05) is 29.8 Å². The third-order valence-corrected chi connectivity index (χ3v) is 6.52. The van der Waals surface area contributed by atoms with E-state index >= 15 is 0 Å². The highest BCUT2D eigenvalue weighted by Crippen LogP contribution is 2.28. The molecule has 1 aliphatic heterocycles. The number of carbonyl (C=O) groups excluding carboxylic acids is 1. The van der Waals surface area contributed by atoms with Crippen LogP contribution in [0.15, 0.2) is 48.5 Å². The molecule has 1 aliphatic rings. The van der Waals surface area contributed by atoms with Gasteiger partial charge in [-0.15, -0.1) is 0 Å². The van der Waals surface area contributed by atoms with Gasteiger partial charge in [-0.3, -0.25) is 4.79 Å². The van der Waals surface area contributed by atoms with Crippen LogP contribution in [0.25, 0.3) is 0 Å².